The molecule has 10 nitrogen and oxygen atoms in total. The van der Waals surface area contributed by atoms with Crippen LogP contribution in [0.5, 0.6) is 0 Å². The summed E-state index contributed by atoms with van der Waals surface area (Å²) >= 11 is 5.52. The Kier molecular flexibility index (Phi) is 9.30. The summed E-state index contributed by atoms with van der Waals surface area (Å²) in [5.74, 6) is -3.47. The number of para-hydroxylation sites is 3. The number of hydrogen-bond donors (Lipinski definition) is 5. The summed E-state index contributed by atoms with van der Waals surface area (Å²) < 4.78 is 73.1. The van der Waals surface area contributed by atoms with Crippen molar-refractivity contribution in [1.29, 1.82) is 0 Å². The number of hydrogen-bond acceptors (Lipinski definition) is 6. The van der Waals surface area contributed by atoms with E-state index in [0.717, 1.165) is 16.7 Å². The fraction of sp³-hybridized carbons (Fsp3) is 0.185. The Labute approximate surface area is 247 Å². The van der Waals surface area contributed by atoms with Crippen molar-refractivity contribution in [3.8, 4) is 0 Å². The summed E-state index contributed by atoms with van der Waals surface area (Å²) in [5, 5.41) is 12.6. The highest BCUT2D eigenvalue weighted by atomic mass is 32.2. The summed E-state index contributed by atoms with van der Waals surface area (Å²) in [7, 11) is -3.94. The number of aromatic nitrogens is 2. The SMILES string of the molecule is O=C(O)C(F)(F)F.O=C1CC(c2ccc(C[C@H](NC(=S)Nc3ccccc3)c3nc4ccccc4[nH]3)cc2F)S(=O)(=O)N1. The van der Waals surface area contributed by atoms with E-state index in [-0.39, 0.29) is 12.0 Å². The smallest absolute Gasteiger partial charge is 0.475 e. The number of carbonyl (C=O) groups is 2. The summed E-state index contributed by atoms with van der Waals surface area (Å²) in [4.78, 5) is 28.4. The highest BCUT2D eigenvalue weighted by Crippen LogP contribution is 2.32. The largest absolute Gasteiger partial charge is 0.490 e. The zero-order chi connectivity index (χ0) is 31.4. The number of aromatic amines is 1. The number of carboxylic acids is 1. The molecule has 1 aliphatic rings. The third kappa shape index (κ3) is 8.04. The van der Waals surface area contributed by atoms with Gasteiger partial charge < -0.3 is 20.7 Å². The number of aliphatic carboxylic acids is 1. The molecule has 1 amide bonds. The molecule has 1 saturated heterocycles. The first-order valence-electron chi connectivity index (χ1n) is 12.4. The number of sulfonamides is 1. The summed E-state index contributed by atoms with van der Waals surface area (Å²) in [5.41, 5.74) is 3.02. The molecule has 3 aromatic carbocycles. The number of carboxylic acid groups (broad SMARTS) is 1. The van der Waals surface area contributed by atoms with Crippen molar-refractivity contribution < 1.29 is 40.7 Å². The van der Waals surface area contributed by atoms with E-state index in [9.17, 15) is 26.4 Å². The van der Waals surface area contributed by atoms with Crippen molar-refractivity contribution in [3.05, 3.63) is 95.6 Å². The van der Waals surface area contributed by atoms with Gasteiger partial charge in [-0.3, -0.25) is 9.52 Å². The second-order valence-corrected chi connectivity index (χ2v) is 11.6. The molecule has 226 valence electrons. The first-order chi connectivity index (χ1) is 20.2. The summed E-state index contributed by atoms with van der Waals surface area (Å²) in [6, 6.07) is 21.0. The van der Waals surface area contributed by atoms with E-state index < -0.39 is 45.2 Å². The molecular formula is C27H23F4N5O5S2. The monoisotopic (exact) mass is 637 g/mol. The van der Waals surface area contributed by atoms with Crippen LogP contribution < -0.4 is 15.4 Å². The van der Waals surface area contributed by atoms with Crippen LogP contribution in [0.15, 0.2) is 72.8 Å². The number of nitrogens with zero attached hydrogens (tertiary/aromatic N) is 1. The van der Waals surface area contributed by atoms with E-state index in [1.807, 2.05) is 59.3 Å². The minimum Gasteiger partial charge on any atom is -0.475 e. The molecule has 43 heavy (non-hydrogen) atoms. The number of anilines is 1. The van der Waals surface area contributed by atoms with Gasteiger partial charge in [0.2, 0.25) is 15.9 Å². The van der Waals surface area contributed by atoms with Crippen LogP contribution in [0, 0.1) is 5.82 Å². The van der Waals surface area contributed by atoms with Crippen LogP contribution in [0.25, 0.3) is 11.0 Å². The number of fused-ring (bicyclic) bond motifs is 1. The Morgan fingerprint density at radius 1 is 1.09 bits per heavy atom. The Bertz CT molecular complexity index is 1730. The van der Waals surface area contributed by atoms with Crippen LogP contribution in [-0.2, 0) is 26.0 Å². The zero-order valence-corrected chi connectivity index (χ0v) is 23.5. The lowest BCUT2D eigenvalue weighted by Crippen LogP contribution is -2.34. The molecule has 2 atom stereocenters. The molecule has 1 unspecified atom stereocenters. The third-order valence-corrected chi connectivity index (χ3v) is 8.07. The molecular weight excluding hydrogens is 614 g/mol. The number of thiocarbonyl (C=S) groups is 1. The average Bonchev–Trinajstić information content (AvgIpc) is 3.48. The lowest BCUT2D eigenvalue weighted by Gasteiger charge is -2.20. The third-order valence-electron chi connectivity index (χ3n) is 6.17. The number of H-pyrrole nitrogens is 1. The molecule has 4 aromatic rings. The van der Waals surface area contributed by atoms with Gasteiger partial charge in [0.1, 0.15) is 16.9 Å². The van der Waals surface area contributed by atoms with E-state index in [1.165, 1.54) is 12.1 Å². The van der Waals surface area contributed by atoms with E-state index >= 15 is 4.39 Å². The minimum absolute atomic E-state index is 0.0355. The van der Waals surface area contributed by atoms with E-state index in [2.05, 4.69) is 20.6 Å². The number of halogens is 4. The van der Waals surface area contributed by atoms with Crippen LogP contribution in [0.1, 0.15) is 34.7 Å². The molecule has 2 heterocycles. The van der Waals surface area contributed by atoms with Crippen LogP contribution in [0.2, 0.25) is 0 Å². The van der Waals surface area contributed by atoms with Gasteiger partial charge in [0, 0.05) is 11.3 Å². The number of imidazole rings is 1. The van der Waals surface area contributed by atoms with Gasteiger partial charge in [-0.05, 0) is 54.5 Å². The van der Waals surface area contributed by atoms with Crippen molar-refractivity contribution >= 4 is 56.0 Å². The van der Waals surface area contributed by atoms with Gasteiger partial charge in [-0.15, -0.1) is 0 Å². The van der Waals surface area contributed by atoms with Crippen LogP contribution in [0.4, 0.5) is 23.2 Å². The van der Waals surface area contributed by atoms with E-state index in [1.54, 1.807) is 6.07 Å². The quantitative estimate of drug-likeness (QED) is 0.152. The number of nitrogens with one attached hydrogen (secondary N) is 4. The summed E-state index contributed by atoms with van der Waals surface area (Å²) in [6.07, 6.45) is -5.08. The first kappa shape index (κ1) is 31.4. The molecule has 16 heteroatoms. The summed E-state index contributed by atoms with van der Waals surface area (Å²) in [6.45, 7) is 0. The number of benzene rings is 3. The molecule has 0 aliphatic carbocycles. The molecule has 0 spiro atoms. The fourth-order valence-corrected chi connectivity index (χ4v) is 5.92. The number of carbonyl (C=O) groups excluding carboxylic acids is 1. The van der Waals surface area contributed by atoms with Gasteiger partial charge in [-0.2, -0.15) is 13.2 Å². The Hall–Kier alpha value is -4.57. The van der Waals surface area contributed by atoms with Gasteiger partial charge in [0.05, 0.1) is 23.5 Å². The van der Waals surface area contributed by atoms with Crippen molar-refractivity contribution in [2.45, 2.75) is 30.3 Å². The fourth-order valence-electron chi connectivity index (χ4n) is 4.22. The molecule has 1 aliphatic heterocycles. The van der Waals surface area contributed by atoms with Gasteiger partial charge in [0.15, 0.2) is 5.11 Å². The molecule has 1 aromatic heterocycles. The van der Waals surface area contributed by atoms with Crippen LogP contribution in [-0.4, -0.2) is 46.7 Å². The first-order valence-corrected chi connectivity index (χ1v) is 14.4. The predicted octanol–water partition coefficient (Wildman–Crippen LogP) is 4.50. The standard InChI is InChI=1S/C25H22FN5O3S2.C2HF3O2/c26-18-12-15(10-11-17(18)22-14-23(32)31-36(22,33)34)13-21(24-28-19-8-4-5-9-20(19)29-24)30-25(35)27-16-6-2-1-3-7-16;3-2(4,5)1(6)7/h1-12,21-22H,13-14H2,(H,28,29)(H,31,32)(H2,27,30,35);(H,6,7)/t21-,22?;/m0./s1. The Balaban J connectivity index is 0.000000541. The highest BCUT2D eigenvalue weighted by Gasteiger charge is 2.39. The second kappa shape index (κ2) is 12.7. The van der Waals surface area contributed by atoms with E-state index in [0.29, 0.717) is 22.9 Å². The average molecular weight is 638 g/mol. The number of rotatable bonds is 6. The van der Waals surface area contributed by atoms with Gasteiger partial charge in [-0.1, -0.05) is 42.5 Å². The van der Waals surface area contributed by atoms with Crippen LogP contribution in [0.3, 0.4) is 0 Å². The number of alkyl halides is 3. The molecule has 1 fully saturated rings. The van der Waals surface area contributed by atoms with Crippen molar-refractivity contribution in [3.63, 3.8) is 0 Å². The molecule has 0 radical (unpaired) electrons. The van der Waals surface area contributed by atoms with Crippen molar-refractivity contribution in [2.24, 2.45) is 0 Å². The van der Waals surface area contributed by atoms with Gasteiger partial charge in [0.25, 0.3) is 0 Å². The predicted molar refractivity (Wildman–Crippen MR) is 153 cm³/mol. The molecule has 5 N–H and O–H groups in total. The maximum Gasteiger partial charge on any atom is 0.490 e. The van der Waals surface area contributed by atoms with E-state index in [4.69, 9.17) is 22.1 Å². The lowest BCUT2D eigenvalue weighted by molar-refractivity contribution is -0.192. The van der Waals surface area contributed by atoms with Crippen molar-refractivity contribution in [1.82, 2.24) is 20.0 Å². The topological polar surface area (TPSA) is 153 Å². The zero-order valence-electron chi connectivity index (χ0n) is 21.9. The highest BCUT2D eigenvalue weighted by molar-refractivity contribution is 7.90. The van der Waals surface area contributed by atoms with Gasteiger partial charge in [-0.25, -0.2) is 22.6 Å². The maximum absolute atomic E-state index is 15.1. The minimum atomic E-state index is -5.08. The Morgan fingerprint density at radius 2 is 1.74 bits per heavy atom. The molecule has 0 saturated carbocycles. The lowest BCUT2D eigenvalue weighted by atomic mass is 10.0. The normalized spacial score (nSPS) is 16.5. The molecule has 5 rings (SSSR count). The van der Waals surface area contributed by atoms with Crippen LogP contribution >= 0.6 is 12.2 Å². The van der Waals surface area contributed by atoms with Gasteiger partial charge >= 0.3 is 12.1 Å². The van der Waals surface area contributed by atoms with Crippen molar-refractivity contribution in [2.75, 3.05) is 5.32 Å². The molecule has 0 bridgehead atoms. The second-order valence-electron chi connectivity index (χ2n) is 9.28. The maximum atomic E-state index is 15.1. The number of amides is 1. The Morgan fingerprint density at radius 3 is 2.33 bits per heavy atom.